The van der Waals surface area contributed by atoms with Crippen molar-refractivity contribution in [3.63, 3.8) is 0 Å². The molecule has 0 N–H and O–H groups in total. The summed E-state index contributed by atoms with van der Waals surface area (Å²) in [7, 11) is 0. The van der Waals surface area contributed by atoms with Crippen LogP contribution in [0.15, 0.2) is 55.1 Å². The topological polar surface area (TPSA) is 0 Å². The quantitative estimate of drug-likeness (QED) is 0.522. The van der Waals surface area contributed by atoms with Gasteiger partial charge >= 0.3 is 0 Å². The Morgan fingerprint density at radius 2 is 1.47 bits per heavy atom. The molecule has 0 aliphatic rings. The van der Waals surface area contributed by atoms with Crippen molar-refractivity contribution in [1.29, 1.82) is 0 Å². The Kier molecular flexibility index (Phi) is 19.6. The van der Waals surface area contributed by atoms with E-state index in [0.717, 1.165) is 0 Å². The van der Waals surface area contributed by atoms with Crippen LogP contribution in [0.2, 0.25) is 0 Å². The smallest absolute Gasteiger partial charge is 0.0184 e. The standard InChI is InChI=1S/C14H16.2C2H6.CH4/c1-4-6-13(7-5-2)14-10-8-12(3)9-11-14;2*1-2;/h4-11H,1H2,2-3H3;2*1-2H3;1H4/b7-5-,13-6+;;;. The monoisotopic (exact) mass is 260 g/mol. The highest BCUT2D eigenvalue weighted by atomic mass is 14.0. The van der Waals surface area contributed by atoms with Gasteiger partial charge in [-0.1, -0.05) is 95.8 Å². The van der Waals surface area contributed by atoms with E-state index in [1.54, 1.807) is 0 Å². The molecule has 0 aliphatic heterocycles. The van der Waals surface area contributed by atoms with Gasteiger partial charge < -0.3 is 0 Å². The van der Waals surface area contributed by atoms with Gasteiger partial charge in [-0.25, -0.2) is 0 Å². The number of allylic oxidation sites excluding steroid dienone is 5. The van der Waals surface area contributed by atoms with Crippen LogP contribution in [0.3, 0.4) is 0 Å². The molecule has 0 saturated carbocycles. The van der Waals surface area contributed by atoms with Crippen LogP contribution in [0.5, 0.6) is 0 Å². The summed E-state index contributed by atoms with van der Waals surface area (Å²) in [4.78, 5) is 0. The number of hydrogen-bond acceptors (Lipinski definition) is 0. The van der Waals surface area contributed by atoms with Crippen molar-refractivity contribution in [3.05, 3.63) is 66.3 Å². The molecule has 1 rings (SSSR count). The molecule has 0 radical (unpaired) electrons. The van der Waals surface area contributed by atoms with Crippen molar-refractivity contribution >= 4 is 5.57 Å². The Labute approximate surface area is 121 Å². The van der Waals surface area contributed by atoms with Crippen LogP contribution in [0, 0.1) is 6.92 Å². The lowest BCUT2D eigenvalue weighted by Gasteiger charge is -2.02. The summed E-state index contributed by atoms with van der Waals surface area (Å²) >= 11 is 0. The van der Waals surface area contributed by atoms with Gasteiger partial charge in [0.25, 0.3) is 0 Å². The summed E-state index contributed by atoms with van der Waals surface area (Å²) in [6.07, 6.45) is 7.96. The van der Waals surface area contributed by atoms with Crippen molar-refractivity contribution in [2.24, 2.45) is 0 Å². The minimum absolute atomic E-state index is 0. The summed E-state index contributed by atoms with van der Waals surface area (Å²) in [5.74, 6) is 0. The van der Waals surface area contributed by atoms with E-state index in [9.17, 15) is 0 Å². The van der Waals surface area contributed by atoms with E-state index in [1.165, 1.54) is 16.7 Å². The molecule has 0 saturated heterocycles. The van der Waals surface area contributed by atoms with Crippen LogP contribution in [0.25, 0.3) is 5.57 Å². The second kappa shape index (κ2) is 16.4. The zero-order valence-electron chi connectivity index (χ0n) is 12.8. The van der Waals surface area contributed by atoms with Crippen LogP contribution in [-0.2, 0) is 0 Å². The minimum Gasteiger partial charge on any atom is -0.0990 e. The van der Waals surface area contributed by atoms with Crippen molar-refractivity contribution < 1.29 is 0 Å². The predicted molar refractivity (Wildman–Crippen MR) is 93.6 cm³/mol. The van der Waals surface area contributed by atoms with Gasteiger partial charge in [0.1, 0.15) is 0 Å². The Hall–Kier alpha value is -1.56. The molecule has 0 fully saturated rings. The molecule has 108 valence electrons. The second-order valence-corrected chi connectivity index (χ2v) is 3.22. The van der Waals surface area contributed by atoms with E-state index in [2.05, 4.69) is 43.8 Å². The lowest BCUT2D eigenvalue weighted by Crippen LogP contribution is -1.80. The molecular formula is C19H32. The van der Waals surface area contributed by atoms with Gasteiger partial charge in [0.05, 0.1) is 0 Å². The van der Waals surface area contributed by atoms with Crippen LogP contribution in [0.1, 0.15) is 53.2 Å². The SMILES string of the molecule is C.C=C/C=C(\C=C/C)c1ccc(C)cc1.CC.CC. The molecule has 0 heterocycles. The molecule has 0 aliphatic carbocycles. The fourth-order valence-electron chi connectivity index (χ4n) is 1.30. The Morgan fingerprint density at radius 3 is 1.84 bits per heavy atom. The third-order valence-electron chi connectivity index (χ3n) is 2.03. The highest BCUT2D eigenvalue weighted by molar-refractivity contribution is 5.75. The summed E-state index contributed by atoms with van der Waals surface area (Å²) in [6, 6.07) is 8.50. The van der Waals surface area contributed by atoms with E-state index in [1.807, 2.05) is 52.8 Å². The highest BCUT2D eigenvalue weighted by Crippen LogP contribution is 2.16. The summed E-state index contributed by atoms with van der Waals surface area (Å²) in [5, 5.41) is 0. The Bertz CT molecular complexity index is 350. The van der Waals surface area contributed by atoms with Crippen molar-refractivity contribution in [2.45, 2.75) is 49.0 Å². The maximum atomic E-state index is 3.72. The normalized spacial score (nSPS) is 9.47. The van der Waals surface area contributed by atoms with Crippen molar-refractivity contribution in [2.75, 3.05) is 0 Å². The molecule has 1 aromatic carbocycles. The fourth-order valence-corrected chi connectivity index (χ4v) is 1.30. The largest absolute Gasteiger partial charge is 0.0990 e. The molecule has 0 bridgehead atoms. The number of benzene rings is 1. The van der Waals surface area contributed by atoms with E-state index in [0.29, 0.717) is 0 Å². The first-order valence-corrected chi connectivity index (χ1v) is 6.80. The van der Waals surface area contributed by atoms with Gasteiger partial charge in [0.15, 0.2) is 0 Å². The molecule has 0 aromatic heterocycles. The maximum absolute atomic E-state index is 3.72. The molecule has 0 atom stereocenters. The van der Waals surface area contributed by atoms with Gasteiger partial charge in [-0.15, -0.1) is 0 Å². The zero-order chi connectivity index (χ0) is 14.4. The van der Waals surface area contributed by atoms with Crippen LogP contribution in [-0.4, -0.2) is 0 Å². The van der Waals surface area contributed by atoms with Crippen LogP contribution in [0.4, 0.5) is 0 Å². The molecule has 19 heavy (non-hydrogen) atoms. The maximum Gasteiger partial charge on any atom is -0.0184 e. The Morgan fingerprint density at radius 1 is 1.00 bits per heavy atom. The second-order valence-electron chi connectivity index (χ2n) is 3.22. The van der Waals surface area contributed by atoms with Gasteiger partial charge in [-0.05, 0) is 25.0 Å². The summed E-state index contributed by atoms with van der Waals surface area (Å²) in [5.41, 5.74) is 3.71. The van der Waals surface area contributed by atoms with Crippen molar-refractivity contribution in [3.8, 4) is 0 Å². The molecule has 0 nitrogen and oxygen atoms in total. The van der Waals surface area contributed by atoms with E-state index in [4.69, 9.17) is 0 Å². The first-order chi connectivity index (χ1) is 8.77. The molecule has 0 unspecified atom stereocenters. The Balaban J connectivity index is -0.000000467. The summed E-state index contributed by atoms with van der Waals surface area (Å²) < 4.78 is 0. The first-order valence-electron chi connectivity index (χ1n) is 6.80. The summed E-state index contributed by atoms with van der Waals surface area (Å²) in [6.45, 7) is 15.8. The minimum atomic E-state index is 0. The molecular weight excluding hydrogens is 228 g/mol. The van der Waals surface area contributed by atoms with E-state index >= 15 is 0 Å². The van der Waals surface area contributed by atoms with Gasteiger partial charge in [0, 0.05) is 0 Å². The van der Waals surface area contributed by atoms with E-state index < -0.39 is 0 Å². The van der Waals surface area contributed by atoms with Gasteiger partial charge in [0.2, 0.25) is 0 Å². The molecule has 0 heteroatoms. The third kappa shape index (κ3) is 10.1. The highest BCUT2D eigenvalue weighted by Gasteiger charge is 1.95. The number of rotatable bonds is 3. The average molecular weight is 260 g/mol. The van der Waals surface area contributed by atoms with Gasteiger partial charge in [-0.3, -0.25) is 0 Å². The number of hydrogen-bond donors (Lipinski definition) is 0. The first kappa shape index (κ1) is 22.6. The predicted octanol–water partition coefficient (Wildman–Crippen LogP) is 6.83. The zero-order valence-corrected chi connectivity index (χ0v) is 12.8. The lowest BCUT2D eigenvalue weighted by molar-refractivity contribution is 1.45. The number of aryl methyl sites for hydroxylation is 1. The lowest BCUT2D eigenvalue weighted by atomic mass is 10.0. The van der Waals surface area contributed by atoms with E-state index in [-0.39, 0.29) is 7.43 Å². The van der Waals surface area contributed by atoms with Gasteiger partial charge in [-0.2, -0.15) is 0 Å². The van der Waals surface area contributed by atoms with Crippen molar-refractivity contribution in [1.82, 2.24) is 0 Å². The molecule has 0 amide bonds. The average Bonchev–Trinajstić information content (AvgIpc) is 2.44. The fraction of sp³-hybridized carbons (Fsp3) is 0.368. The molecule has 1 aromatic rings. The molecule has 0 spiro atoms. The van der Waals surface area contributed by atoms with Crippen LogP contribution >= 0.6 is 0 Å². The van der Waals surface area contributed by atoms with Crippen LogP contribution < -0.4 is 0 Å². The third-order valence-corrected chi connectivity index (χ3v) is 2.03.